The highest BCUT2D eigenvalue weighted by atomic mass is 15.2. The largest absolute Gasteiger partial charge is 0.307 e. The van der Waals surface area contributed by atoms with Crippen LogP contribution in [0.15, 0.2) is 60.7 Å². The molecule has 0 saturated carbocycles. The van der Waals surface area contributed by atoms with Gasteiger partial charge < -0.3 is 5.32 Å². The van der Waals surface area contributed by atoms with Crippen molar-refractivity contribution < 1.29 is 0 Å². The second kappa shape index (κ2) is 6.88. The standard InChI is InChI=1S/C19H24N2/c1-2-13-21-15-18(16-9-5-3-6-10-16)20-14-19(21)17-11-7-4-8-12-17/h3-12,18-20H,2,13-15H2,1H3. The third kappa shape index (κ3) is 3.34. The van der Waals surface area contributed by atoms with Gasteiger partial charge in [0.2, 0.25) is 0 Å². The van der Waals surface area contributed by atoms with Gasteiger partial charge in [0.15, 0.2) is 0 Å². The molecule has 3 rings (SSSR count). The molecule has 0 radical (unpaired) electrons. The van der Waals surface area contributed by atoms with Crippen molar-refractivity contribution in [3.8, 4) is 0 Å². The summed E-state index contributed by atoms with van der Waals surface area (Å²) in [7, 11) is 0. The summed E-state index contributed by atoms with van der Waals surface area (Å²) in [6.07, 6.45) is 1.20. The predicted molar refractivity (Wildman–Crippen MR) is 88.2 cm³/mol. The molecule has 21 heavy (non-hydrogen) atoms. The van der Waals surface area contributed by atoms with Gasteiger partial charge in [0, 0.05) is 25.2 Å². The first-order chi connectivity index (χ1) is 10.4. The molecule has 1 N–H and O–H groups in total. The summed E-state index contributed by atoms with van der Waals surface area (Å²) in [6, 6.07) is 22.6. The van der Waals surface area contributed by atoms with Crippen LogP contribution in [0.5, 0.6) is 0 Å². The van der Waals surface area contributed by atoms with E-state index in [1.807, 2.05) is 0 Å². The number of hydrogen-bond acceptors (Lipinski definition) is 2. The molecule has 1 fully saturated rings. The fourth-order valence-corrected chi connectivity index (χ4v) is 3.26. The molecule has 2 unspecified atom stereocenters. The molecule has 0 bridgehead atoms. The first-order valence-corrected chi connectivity index (χ1v) is 7.96. The van der Waals surface area contributed by atoms with Gasteiger partial charge in [-0.25, -0.2) is 0 Å². The highest BCUT2D eigenvalue weighted by molar-refractivity contribution is 5.23. The Kier molecular flexibility index (Phi) is 4.69. The summed E-state index contributed by atoms with van der Waals surface area (Å²) < 4.78 is 0. The van der Waals surface area contributed by atoms with Gasteiger partial charge in [0.1, 0.15) is 0 Å². The summed E-state index contributed by atoms with van der Waals surface area (Å²) in [5.41, 5.74) is 2.81. The van der Waals surface area contributed by atoms with E-state index in [1.54, 1.807) is 0 Å². The fourth-order valence-electron chi connectivity index (χ4n) is 3.26. The predicted octanol–water partition coefficient (Wildman–Crippen LogP) is 3.78. The van der Waals surface area contributed by atoms with Gasteiger partial charge in [-0.15, -0.1) is 0 Å². The second-order valence-electron chi connectivity index (χ2n) is 5.79. The SMILES string of the molecule is CCCN1CC(c2ccccc2)NCC1c1ccccc1. The average Bonchev–Trinajstić information content (AvgIpc) is 2.57. The van der Waals surface area contributed by atoms with Crippen LogP contribution >= 0.6 is 0 Å². The first-order valence-electron chi connectivity index (χ1n) is 7.96. The monoisotopic (exact) mass is 280 g/mol. The molecule has 2 nitrogen and oxygen atoms in total. The number of rotatable bonds is 4. The van der Waals surface area contributed by atoms with Gasteiger partial charge in [-0.05, 0) is 24.1 Å². The van der Waals surface area contributed by atoms with Gasteiger partial charge in [0.25, 0.3) is 0 Å². The number of nitrogens with zero attached hydrogens (tertiary/aromatic N) is 1. The summed E-state index contributed by atoms with van der Waals surface area (Å²) >= 11 is 0. The molecule has 1 heterocycles. The molecule has 1 aliphatic heterocycles. The zero-order valence-electron chi connectivity index (χ0n) is 12.7. The van der Waals surface area contributed by atoms with E-state index in [1.165, 1.54) is 17.5 Å². The topological polar surface area (TPSA) is 15.3 Å². The van der Waals surface area contributed by atoms with Crippen molar-refractivity contribution in [1.29, 1.82) is 0 Å². The summed E-state index contributed by atoms with van der Waals surface area (Å²) in [5, 5.41) is 3.73. The van der Waals surface area contributed by atoms with Gasteiger partial charge in [-0.2, -0.15) is 0 Å². The molecule has 2 heteroatoms. The molecule has 2 aromatic rings. The lowest BCUT2D eigenvalue weighted by atomic mass is 9.97. The van der Waals surface area contributed by atoms with E-state index >= 15 is 0 Å². The van der Waals surface area contributed by atoms with Crippen molar-refractivity contribution in [1.82, 2.24) is 10.2 Å². The van der Waals surface area contributed by atoms with Crippen LogP contribution in [0.3, 0.4) is 0 Å². The lowest BCUT2D eigenvalue weighted by Gasteiger charge is -2.41. The number of nitrogens with one attached hydrogen (secondary N) is 1. The molecule has 2 atom stereocenters. The van der Waals surface area contributed by atoms with Crippen LogP contribution in [0.4, 0.5) is 0 Å². The zero-order valence-corrected chi connectivity index (χ0v) is 12.7. The van der Waals surface area contributed by atoms with Crippen LogP contribution in [-0.2, 0) is 0 Å². The Balaban J connectivity index is 1.77. The van der Waals surface area contributed by atoms with Crippen LogP contribution in [0.1, 0.15) is 36.6 Å². The third-order valence-corrected chi connectivity index (χ3v) is 4.31. The highest BCUT2D eigenvalue weighted by Crippen LogP contribution is 2.28. The molecule has 0 aliphatic carbocycles. The van der Waals surface area contributed by atoms with Crippen LogP contribution < -0.4 is 5.32 Å². The van der Waals surface area contributed by atoms with Crippen molar-refractivity contribution in [2.24, 2.45) is 0 Å². The van der Waals surface area contributed by atoms with Crippen LogP contribution in [0, 0.1) is 0 Å². The van der Waals surface area contributed by atoms with E-state index < -0.39 is 0 Å². The molecular formula is C19H24N2. The Morgan fingerprint density at radius 3 is 2.19 bits per heavy atom. The maximum Gasteiger partial charge on any atom is 0.0473 e. The van der Waals surface area contributed by atoms with E-state index in [0.29, 0.717) is 12.1 Å². The van der Waals surface area contributed by atoms with Gasteiger partial charge in [-0.1, -0.05) is 67.6 Å². The quantitative estimate of drug-likeness (QED) is 0.917. The fraction of sp³-hybridized carbons (Fsp3) is 0.368. The molecule has 0 spiro atoms. The minimum Gasteiger partial charge on any atom is -0.307 e. The van der Waals surface area contributed by atoms with Crippen molar-refractivity contribution in [2.45, 2.75) is 25.4 Å². The molecule has 0 amide bonds. The minimum absolute atomic E-state index is 0.442. The highest BCUT2D eigenvalue weighted by Gasteiger charge is 2.28. The van der Waals surface area contributed by atoms with Crippen molar-refractivity contribution in [3.05, 3.63) is 71.8 Å². The van der Waals surface area contributed by atoms with Crippen molar-refractivity contribution in [2.75, 3.05) is 19.6 Å². The molecule has 1 aliphatic rings. The summed E-state index contributed by atoms with van der Waals surface area (Å²) in [6.45, 7) is 5.52. The maximum atomic E-state index is 3.73. The molecule has 1 saturated heterocycles. The first kappa shape index (κ1) is 14.3. The van der Waals surface area contributed by atoms with Gasteiger partial charge >= 0.3 is 0 Å². The van der Waals surface area contributed by atoms with E-state index in [2.05, 4.69) is 77.8 Å². The van der Waals surface area contributed by atoms with Crippen LogP contribution in [0.25, 0.3) is 0 Å². The van der Waals surface area contributed by atoms with Crippen molar-refractivity contribution in [3.63, 3.8) is 0 Å². The lowest BCUT2D eigenvalue weighted by Crippen LogP contribution is -2.48. The van der Waals surface area contributed by atoms with E-state index in [-0.39, 0.29) is 0 Å². The van der Waals surface area contributed by atoms with Gasteiger partial charge in [0.05, 0.1) is 0 Å². The molecule has 2 aromatic carbocycles. The molecule has 110 valence electrons. The molecule has 0 aromatic heterocycles. The number of piperazine rings is 1. The number of hydrogen-bond donors (Lipinski definition) is 1. The second-order valence-corrected chi connectivity index (χ2v) is 5.79. The Hall–Kier alpha value is -1.64. The Bertz CT molecular complexity index is 538. The van der Waals surface area contributed by atoms with Crippen LogP contribution in [-0.4, -0.2) is 24.5 Å². The van der Waals surface area contributed by atoms with Crippen LogP contribution in [0.2, 0.25) is 0 Å². The Labute approximate surface area is 127 Å². The average molecular weight is 280 g/mol. The summed E-state index contributed by atoms with van der Waals surface area (Å²) in [4.78, 5) is 2.63. The van der Waals surface area contributed by atoms with E-state index in [9.17, 15) is 0 Å². The van der Waals surface area contributed by atoms with Crippen molar-refractivity contribution >= 4 is 0 Å². The minimum atomic E-state index is 0.442. The Morgan fingerprint density at radius 2 is 1.57 bits per heavy atom. The summed E-state index contributed by atoms with van der Waals surface area (Å²) in [5.74, 6) is 0. The number of benzene rings is 2. The normalized spacial score (nSPS) is 23.1. The van der Waals surface area contributed by atoms with Gasteiger partial charge in [-0.3, -0.25) is 4.90 Å². The lowest BCUT2D eigenvalue weighted by molar-refractivity contribution is 0.130. The van der Waals surface area contributed by atoms with E-state index in [4.69, 9.17) is 0 Å². The molecular weight excluding hydrogens is 256 g/mol. The van der Waals surface area contributed by atoms with E-state index in [0.717, 1.165) is 19.6 Å². The zero-order chi connectivity index (χ0) is 14.5. The maximum absolute atomic E-state index is 3.73. The smallest absolute Gasteiger partial charge is 0.0473 e. The Morgan fingerprint density at radius 1 is 0.952 bits per heavy atom. The third-order valence-electron chi connectivity index (χ3n) is 4.31.